The molecule has 0 aliphatic rings. The number of nitrogens with one attached hydrogen (secondary N) is 6. The van der Waals surface area contributed by atoms with Crippen LogP contribution >= 0.6 is 50.1 Å². The molecule has 0 bridgehead atoms. The van der Waals surface area contributed by atoms with E-state index in [1.54, 1.807) is 22.6 Å². The molecule has 0 aliphatic carbocycles. The largest absolute Gasteiger partial charge is 0.435 e. The van der Waals surface area contributed by atoms with Crippen LogP contribution in [0.2, 0.25) is 5.02 Å². The molecule has 6 N–H and O–H groups in total. The van der Waals surface area contributed by atoms with Crippen LogP contribution < -0.4 is 31.9 Å². The van der Waals surface area contributed by atoms with Gasteiger partial charge in [-0.2, -0.15) is 79.0 Å². The third-order valence-electron chi connectivity index (χ3n) is 15.2. The Labute approximate surface area is 645 Å². The predicted molar refractivity (Wildman–Crippen MR) is 377 cm³/mol. The van der Waals surface area contributed by atoms with Crippen molar-refractivity contribution in [2.75, 3.05) is 52.0 Å². The summed E-state index contributed by atoms with van der Waals surface area (Å²) < 4.78 is 347. The van der Waals surface area contributed by atoms with Crippen LogP contribution in [0.5, 0.6) is 0 Å². The Morgan fingerprint density at radius 2 is 0.622 bits per heavy atom. The van der Waals surface area contributed by atoms with Gasteiger partial charge in [-0.15, -0.1) is 0 Å². The molecule has 6 aromatic rings. The van der Waals surface area contributed by atoms with Crippen LogP contribution in [0, 0.1) is 24.3 Å². The smallest absolute Gasteiger partial charge is 0.349 e. The first-order valence-corrected chi connectivity index (χ1v) is 39.1. The van der Waals surface area contributed by atoms with E-state index in [-0.39, 0.29) is 106 Å². The number of carbonyl (C=O) groups excluding carboxylic acids is 6. The first kappa shape index (κ1) is 95.4. The average molecular weight is 1870 g/mol. The Morgan fingerprint density at radius 3 is 0.892 bits per heavy atom. The number of amides is 6. The second-order valence-corrected chi connectivity index (χ2v) is 33.8. The van der Waals surface area contributed by atoms with Gasteiger partial charge in [-0.1, -0.05) is 66.2 Å². The normalized spacial score (nSPS) is 13.7. The van der Waals surface area contributed by atoms with Crippen molar-refractivity contribution in [1.29, 1.82) is 0 Å². The Bertz CT molecular complexity index is 4370. The molecule has 6 aromatic carbocycles. The fourth-order valence-corrected chi connectivity index (χ4v) is 14.8. The highest BCUT2D eigenvalue weighted by molar-refractivity contribution is 14.1. The Hall–Kier alpha value is -7.98. The minimum atomic E-state index is -6.31. The standard InChI is InChI=1S/C22H20BrF7N2O4S.C22H20ClF7N2O4S.C22H20F7IN2O4S/c2*1-11-9-13(20(24,21(25,26)27)22(28,29)30)7-8-16(11)32-18(33)14-5-4-6-15(23)17(14)19(34)31-12(2)10-37(3,35)36;1-11-9-13(20(23,21(24,25)26)22(27,28)29)7-8-16(11)32-18(33)14-5-4-6-15(30)17(14)19(34)31-12(2)10-37(3,35)36/h3*4-9,12H,10H2,1-3H3,(H,31,34)(H,32,33)/t3*12-/m000/s1. The van der Waals surface area contributed by atoms with E-state index in [4.69, 9.17) is 11.6 Å². The lowest BCUT2D eigenvalue weighted by Gasteiger charge is -2.30. The third-order valence-corrected chi connectivity index (χ3v) is 20.4. The van der Waals surface area contributed by atoms with Crippen molar-refractivity contribution in [3.8, 4) is 0 Å². The van der Waals surface area contributed by atoms with Gasteiger partial charge in [0, 0.05) is 78.7 Å². The van der Waals surface area contributed by atoms with Crippen LogP contribution in [0.25, 0.3) is 0 Å². The van der Waals surface area contributed by atoms with E-state index >= 15 is 0 Å². The molecule has 3 atom stereocenters. The molecule has 0 saturated heterocycles. The summed E-state index contributed by atoms with van der Waals surface area (Å²) in [7, 11) is -10.3. The zero-order valence-electron chi connectivity index (χ0n) is 57.9. The molecule has 0 aromatic heterocycles. The van der Waals surface area contributed by atoms with Gasteiger partial charge in [0.2, 0.25) is 0 Å². The maximum absolute atomic E-state index is 14.4. The summed E-state index contributed by atoms with van der Waals surface area (Å²) in [4.78, 5) is 77.0. The highest BCUT2D eigenvalue weighted by atomic mass is 127. The van der Waals surface area contributed by atoms with E-state index in [1.165, 1.54) is 75.4 Å². The lowest BCUT2D eigenvalue weighted by atomic mass is 9.92. The lowest BCUT2D eigenvalue weighted by molar-refractivity contribution is -0.349. The zero-order chi connectivity index (χ0) is 85.7. The molecule has 111 heavy (non-hydrogen) atoms. The highest BCUT2D eigenvalue weighted by Crippen LogP contribution is 2.56. The summed E-state index contributed by atoms with van der Waals surface area (Å²) in [6, 6.07) is 13.1. The summed E-state index contributed by atoms with van der Waals surface area (Å²) in [5.41, 5.74) is -25.2. The Kier molecular flexibility index (Phi) is 30.2. The Balaban J connectivity index is 0.000000351. The van der Waals surface area contributed by atoms with Crippen LogP contribution in [-0.2, 0) is 46.5 Å². The maximum Gasteiger partial charge on any atom is 0.435 e. The molecular weight excluding hydrogens is 1810 g/mol. The number of benzene rings is 6. The molecule has 6 amide bonds. The van der Waals surface area contributed by atoms with Crippen molar-refractivity contribution in [1.82, 2.24) is 16.0 Å². The first-order chi connectivity index (χ1) is 50.1. The number of sulfone groups is 3. The second kappa shape index (κ2) is 35.2. The van der Waals surface area contributed by atoms with E-state index in [2.05, 4.69) is 47.8 Å². The molecule has 0 spiro atoms. The van der Waals surface area contributed by atoms with Gasteiger partial charge in [0.15, 0.2) is 0 Å². The maximum atomic E-state index is 14.4. The summed E-state index contributed by atoms with van der Waals surface area (Å²) in [5.74, 6) is -6.60. The summed E-state index contributed by atoms with van der Waals surface area (Å²) in [6.45, 7) is 7.44. The second-order valence-electron chi connectivity index (χ2n) is 24.8. The van der Waals surface area contributed by atoms with Crippen molar-refractivity contribution < 1.29 is 146 Å². The van der Waals surface area contributed by atoms with Crippen LogP contribution in [-0.4, -0.2) is 152 Å². The number of halogens is 24. The van der Waals surface area contributed by atoms with Crippen molar-refractivity contribution >= 4 is 132 Å². The number of carbonyl (C=O) groups is 6. The van der Waals surface area contributed by atoms with Crippen LogP contribution in [0.4, 0.5) is 109 Å². The molecular formula is C66H60BrClF21IN6O12S3. The van der Waals surface area contributed by atoms with Gasteiger partial charge in [-0.25, -0.2) is 38.4 Å². The fourth-order valence-electron chi connectivity index (χ4n) is 10.3. The number of aryl methyl sites for hydroxylation is 3. The van der Waals surface area contributed by atoms with Crippen LogP contribution in [0.3, 0.4) is 0 Å². The van der Waals surface area contributed by atoms with Gasteiger partial charge >= 0.3 is 54.1 Å². The van der Waals surface area contributed by atoms with Crippen LogP contribution in [0.1, 0.15) is 116 Å². The number of hydrogen-bond acceptors (Lipinski definition) is 12. The molecule has 0 aliphatic heterocycles. The van der Waals surface area contributed by atoms with Crippen LogP contribution in [0.15, 0.2) is 114 Å². The molecule has 0 unspecified atom stereocenters. The van der Waals surface area contributed by atoms with Gasteiger partial charge in [-0.05, 0) is 151 Å². The topological polar surface area (TPSA) is 277 Å². The first-order valence-electron chi connectivity index (χ1n) is 30.6. The molecule has 18 nitrogen and oxygen atoms in total. The van der Waals surface area contributed by atoms with Crippen molar-refractivity contribution in [3.05, 3.63) is 189 Å². The zero-order valence-corrected chi connectivity index (χ0v) is 64.9. The van der Waals surface area contributed by atoms with Gasteiger partial charge < -0.3 is 31.9 Å². The van der Waals surface area contributed by atoms with E-state index < -0.39 is 160 Å². The summed E-state index contributed by atoms with van der Waals surface area (Å²) >= 11 is 10.9. The SMILES string of the molecule is Cc1cc(C(F)(C(F)(F)F)C(F)(F)F)ccc1NC(=O)c1cccc(Br)c1C(=O)N[C@@H](C)CS(C)(=O)=O.Cc1cc(C(F)(C(F)(F)F)C(F)(F)F)ccc1NC(=O)c1cccc(Cl)c1C(=O)N[C@@H](C)CS(C)(=O)=O.Cc1cc(C(F)(C(F)(F)F)C(F)(F)F)ccc1NC(=O)c1cccc(I)c1C(=O)N[C@@H](C)CS(C)(=O)=O. The fraction of sp³-hybridized carbons (Fsp3) is 0.364. The molecule has 0 radical (unpaired) electrons. The van der Waals surface area contributed by atoms with E-state index in [1.807, 2.05) is 0 Å². The van der Waals surface area contributed by atoms with Gasteiger partial charge in [0.1, 0.15) is 29.5 Å². The molecule has 6 rings (SSSR count). The number of rotatable bonds is 21. The van der Waals surface area contributed by atoms with Gasteiger partial charge in [-0.3, -0.25) is 28.8 Å². The summed E-state index contributed by atoms with van der Waals surface area (Å²) in [6.07, 6.45) is -34.9. The number of alkyl halides is 21. The lowest BCUT2D eigenvalue weighted by Crippen LogP contribution is -2.50. The molecule has 0 saturated carbocycles. The van der Waals surface area contributed by atoms with E-state index in [9.17, 15) is 146 Å². The van der Waals surface area contributed by atoms with Crippen molar-refractivity contribution in [3.63, 3.8) is 0 Å². The minimum absolute atomic E-state index is 0.132. The highest BCUT2D eigenvalue weighted by Gasteiger charge is 2.75. The average Bonchev–Trinajstić information content (AvgIpc) is 0.752. The monoisotopic (exact) mass is 1860 g/mol. The van der Waals surface area contributed by atoms with E-state index in [0.717, 1.165) is 39.5 Å². The molecule has 45 heteroatoms. The van der Waals surface area contributed by atoms with Crippen molar-refractivity contribution in [2.45, 2.75) is 114 Å². The van der Waals surface area contributed by atoms with Crippen molar-refractivity contribution in [2.24, 2.45) is 0 Å². The number of anilines is 3. The van der Waals surface area contributed by atoms with E-state index in [0.29, 0.717) is 40.0 Å². The summed E-state index contributed by atoms with van der Waals surface area (Å²) in [5, 5.41) is 13.9. The van der Waals surface area contributed by atoms with Gasteiger partial charge in [0.05, 0.1) is 55.7 Å². The molecule has 0 fully saturated rings. The Morgan fingerprint density at radius 1 is 0.378 bits per heavy atom. The third kappa shape index (κ3) is 23.6. The molecule has 612 valence electrons. The number of hydrogen-bond donors (Lipinski definition) is 6. The predicted octanol–water partition coefficient (Wildman–Crippen LogP) is 16.1. The minimum Gasteiger partial charge on any atom is -0.349 e. The quantitative estimate of drug-likeness (QED) is 0.0290. The molecule has 0 heterocycles. The van der Waals surface area contributed by atoms with Gasteiger partial charge in [0.25, 0.3) is 35.4 Å².